The summed E-state index contributed by atoms with van der Waals surface area (Å²) in [5.74, 6) is 0. The van der Waals surface area contributed by atoms with Crippen molar-refractivity contribution in [2.75, 3.05) is 14.7 Å². The Hall–Kier alpha value is -8.36. The van der Waals surface area contributed by atoms with Crippen LogP contribution in [0.4, 0.5) is 51.2 Å². The summed E-state index contributed by atoms with van der Waals surface area (Å²) < 4.78 is 7.92. The third kappa shape index (κ3) is 7.20. The second-order valence-electron chi connectivity index (χ2n) is 25.8. The molecule has 16 rings (SSSR count). The van der Waals surface area contributed by atoms with Crippen LogP contribution in [0.3, 0.4) is 0 Å². The quantitative estimate of drug-likeness (QED) is 0.160. The maximum Gasteiger partial charge on any atom is 0.264 e. The van der Waals surface area contributed by atoms with Crippen molar-refractivity contribution in [1.82, 2.24) is 4.57 Å². The van der Waals surface area contributed by atoms with Gasteiger partial charge < -0.3 is 19.3 Å². The third-order valence-corrected chi connectivity index (χ3v) is 20.0. The predicted molar refractivity (Wildman–Crippen MR) is 353 cm³/mol. The Balaban J connectivity index is 1.10. The fourth-order valence-electron chi connectivity index (χ4n) is 13.5. The van der Waals surface area contributed by atoms with Crippen molar-refractivity contribution in [2.24, 2.45) is 0 Å². The molecule has 0 saturated heterocycles. The molecule has 4 nitrogen and oxygen atoms in total. The van der Waals surface area contributed by atoms with Crippen molar-refractivity contribution in [3.63, 3.8) is 0 Å². The number of benzene rings is 10. The summed E-state index contributed by atoms with van der Waals surface area (Å²) in [6.07, 6.45) is 0. The summed E-state index contributed by atoms with van der Waals surface area (Å²) in [5.41, 5.74) is 23.1. The Morgan fingerprint density at radius 1 is 0.383 bits per heavy atom. The van der Waals surface area contributed by atoms with Gasteiger partial charge in [0.15, 0.2) is 0 Å². The SMILES string of the molecule is CC(C)(C)c1cc2c3c(c1)-n1c4ccc(C(C)(C)C)cc4c4cc(C(C)(C)C)cc(c41)N3c1cc(N(c3ccccc3)c3ccccc3)cc3c1B2c1sc2ccc(-c4ccccc4)cc2c1N3c1ccc2sc3ccccc3c2c1. The summed E-state index contributed by atoms with van der Waals surface area (Å²) >= 11 is 3.86. The maximum absolute atomic E-state index is 2.73. The van der Waals surface area contributed by atoms with Crippen LogP contribution < -0.4 is 30.4 Å². The second kappa shape index (κ2) is 17.1. The van der Waals surface area contributed by atoms with Gasteiger partial charge in [0.1, 0.15) is 0 Å². The van der Waals surface area contributed by atoms with Gasteiger partial charge in [0.25, 0.3) is 6.71 Å². The lowest BCUT2D eigenvalue weighted by Crippen LogP contribution is -2.61. The van der Waals surface area contributed by atoms with E-state index in [1.54, 1.807) is 0 Å². The molecule has 13 aromatic rings. The number of rotatable bonds is 5. The largest absolute Gasteiger partial charge is 0.310 e. The molecule has 6 heterocycles. The number of hydrogen-bond acceptors (Lipinski definition) is 5. The maximum atomic E-state index is 2.73. The molecule has 0 unspecified atom stereocenters. The number of thiophene rings is 2. The average molecular weight is 1080 g/mol. The van der Waals surface area contributed by atoms with Crippen molar-refractivity contribution in [2.45, 2.75) is 78.6 Å². The standard InChI is InChI=1S/C74H61BN4S2/c1-72(2,3)46-30-32-59-54(36-46)56-37-47(73(4,5)6)39-62-68(56)78(59)63-40-48(74(7,8)9)38-58-70(63)79(62)61-43-52(76(49-23-15-11-16-24-49)50-25-17-12-18-26-50)42-60-67(61)75(58)71-69(57-35-45(29-33-66(57)81-71)44-21-13-10-14-22-44)77(60)51-31-34-65-55(41-51)53-27-19-20-28-64(53)80-65/h10-43H,1-9H3. The van der Waals surface area contributed by atoms with E-state index in [0.29, 0.717) is 0 Å². The fraction of sp³-hybridized carbons (Fsp3) is 0.162. The summed E-state index contributed by atoms with van der Waals surface area (Å²) in [6, 6.07) is 78.9. The lowest BCUT2D eigenvalue weighted by Gasteiger charge is -2.46. The van der Waals surface area contributed by atoms with Gasteiger partial charge in [0.05, 0.1) is 39.5 Å². The first-order valence-electron chi connectivity index (χ1n) is 28.6. The Morgan fingerprint density at radius 2 is 0.975 bits per heavy atom. The van der Waals surface area contributed by atoms with Crippen molar-refractivity contribution >= 4 is 148 Å². The Kier molecular flexibility index (Phi) is 10.2. The van der Waals surface area contributed by atoms with E-state index in [2.05, 4.69) is 288 Å². The van der Waals surface area contributed by atoms with Gasteiger partial charge in [-0.25, -0.2) is 0 Å². The highest BCUT2D eigenvalue weighted by atomic mass is 32.1. The van der Waals surface area contributed by atoms with Gasteiger partial charge in [0.2, 0.25) is 0 Å². The van der Waals surface area contributed by atoms with E-state index >= 15 is 0 Å². The number of nitrogens with zero attached hydrogens (tertiary/aromatic N) is 4. The average Bonchev–Trinajstić information content (AvgIpc) is 2.88. The van der Waals surface area contributed by atoms with Crippen molar-refractivity contribution in [3.8, 4) is 16.8 Å². The Morgan fingerprint density at radius 3 is 1.68 bits per heavy atom. The lowest BCUT2D eigenvalue weighted by atomic mass is 9.35. The van der Waals surface area contributed by atoms with Crippen LogP contribution in [-0.2, 0) is 16.2 Å². The van der Waals surface area contributed by atoms with E-state index in [-0.39, 0.29) is 23.0 Å². The van der Waals surface area contributed by atoms with Gasteiger partial charge >= 0.3 is 0 Å². The molecular weight excluding hydrogens is 1020 g/mol. The van der Waals surface area contributed by atoms with E-state index in [1.165, 1.54) is 130 Å². The minimum absolute atomic E-state index is 0.0268. The first-order valence-corrected chi connectivity index (χ1v) is 30.2. The summed E-state index contributed by atoms with van der Waals surface area (Å²) in [5, 5.41) is 6.45. The smallest absolute Gasteiger partial charge is 0.264 e. The predicted octanol–water partition coefficient (Wildman–Crippen LogP) is 19.8. The zero-order valence-corrected chi connectivity index (χ0v) is 48.9. The summed E-state index contributed by atoms with van der Waals surface area (Å²) in [6.45, 7) is 21.2. The van der Waals surface area contributed by atoms with Crippen LogP contribution in [0.2, 0.25) is 0 Å². The molecule has 0 fully saturated rings. The van der Waals surface area contributed by atoms with Crippen molar-refractivity contribution < 1.29 is 0 Å². The van der Waals surface area contributed by atoms with Crippen LogP contribution in [-0.4, -0.2) is 11.3 Å². The molecule has 3 aliphatic heterocycles. The summed E-state index contributed by atoms with van der Waals surface area (Å²) in [7, 11) is 0. The zero-order chi connectivity index (χ0) is 55.0. The van der Waals surface area contributed by atoms with Crippen molar-refractivity contribution in [1.29, 1.82) is 0 Å². The van der Waals surface area contributed by atoms with Crippen LogP contribution in [0.15, 0.2) is 206 Å². The third-order valence-electron chi connectivity index (χ3n) is 17.7. The molecule has 10 aromatic carbocycles. The molecule has 0 aliphatic carbocycles. The molecule has 0 N–H and O–H groups in total. The topological polar surface area (TPSA) is 14.7 Å². The number of fused-ring (bicyclic) bond motifs is 14. The van der Waals surface area contributed by atoms with Crippen LogP contribution in [0.5, 0.6) is 0 Å². The van der Waals surface area contributed by atoms with Crippen LogP contribution in [0.25, 0.3) is 68.9 Å². The normalized spacial score (nSPS) is 13.7. The molecule has 3 aliphatic rings. The molecule has 0 bridgehead atoms. The van der Waals surface area contributed by atoms with Crippen LogP contribution in [0, 0.1) is 0 Å². The molecule has 0 saturated carbocycles. The summed E-state index contributed by atoms with van der Waals surface area (Å²) in [4.78, 5) is 7.88. The first-order chi connectivity index (χ1) is 39.1. The van der Waals surface area contributed by atoms with E-state index in [1.807, 2.05) is 22.7 Å². The molecule has 392 valence electrons. The molecule has 81 heavy (non-hydrogen) atoms. The molecule has 0 atom stereocenters. The zero-order valence-electron chi connectivity index (χ0n) is 47.3. The fourth-order valence-corrected chi connectivity index (χ4v) is 15.9. The second-order valence-corrected chi connectivity index (χ2v) is 28.0. The number of para-hydroxylation sites is 2. The first kappa shape index (κ1) is 48.5. The van der Waals surface area contributed by atoms with Gasteiger partial charge in [-0.1, -0.05) is 165 Å². The molecule has 0 spiro atoms. The monoisotopic (exact) mass is 1080 g/mol. The van der Waals surface area contributed by atoms with E-state index in [0.717, 1.165) is 22.7 Å². The molecule has 0 amide bonds. The molecule has 7 heteroatoms. The van der Waals surface area contributed by atoms with E-state index in [9.17, 15) is 0 Å². The number of aromatic nitrogens is 1. The highest BCUT2D eigenvalue weighted by Crippen LogP contribution is 2.57. The minimum atomic E-state index is -0.153. The number of hydrogen-bond donors (Lipinski definition) is 0. The van der Waals surface area contributed by atoms with Gasteiger partial charge in [-0.15, -0.1) is 22.7 Å². The highest BCUT2D eigenvalue weighted by Gasteiger charge is 2.49. The van der Waals surface area contributed by atoms with E-state index in [4.69, 9.17) is 0 Å². The van der Waals surface area contributed by atoms with Gasteiger partial charge in [-0.3, -0.25) is 0 Å². The molecule has 3 aromatic heterocycles. The Labute approximate surface area is 482 Å². The van der Waals surface area contributed by atoms with Gasteiger partial charge in [-0.2, -0.15) is 0 Å². The van der Waals surface area contributed by atoms with Crippen LogP contribution in [0.1, 0.15) is 79.0 Å². The lowest BCUT2D eigenvalue weighted by molar-refractivity contribution is 0.590. The molecule has 0 radical (unpaired) electrons. The Bertz CT molecular complexity index is 4740. The molecular formula is C74H61BN4S2. The van der Waals surface area contributed by atoms with E-state index < -0.39 is 0 Å². The minimum Gasteiger partial charge on any atom is -0.310 e. The van der Waals surface area contributed by atoms with Gasteiger partial charge in [-0.05, 0) is 158 Å². The number of anilines is 9. The highest BCUT2D eigenvalue weighted by molar-refractivity contribution is 7.33. The van der Waals surface area contributed by atoms with Gasteiger partial charge in [0, 0.05) is 74.2 Å². The van der Waals surface area contributed by atoms with Crippen LogP contribution >= 0.6 is 22.7 Å². The van der Waals surface area contributed by atoms with Crippen molar-refractivity contribution in [3.05, 3.63) is 223 Å².